The van der Waals surface area contributed by atoms with Gasteiger partial charge in [-0.1, -0.05) is 18.2 Å². The number of halogens is 3. The Kier molecular flexibility index (Phi) is 3.57. The number of aromatic nitrogens is 2. The van der Waals surface area contributed by atoms with E-state index in [0.29, 0.717) is 6.42 Å². The largest absolute Gasteiger partial charge is 0.392 e. The van der Waals surface area contributed by atoms with E-state index in [1.807, 2.05) is 36.5 Å². The Morgan fingerprint density at radius 1 is 1.14 bits per heavy atom. The molecule has 0 radical (unpaired) electrons. The molecule has 3 rings (SSSR count). The molecule has 0 saturated carbocycles. The molecule has 0 N–H and O–H groups in total. The van der Waals surface area contributed by atoms with Crippen molar-refractivity contribution in [2.24, 2.45) is 5.92 Å². The summed E-state index contributed by atoms with van der Waals surface area (Å²) in [6, 6.07) is 9.58. The fraction of sp³-hybridized carbons (Fsp3) is 0.312. The third-order valence-corrected chi connectivity index (χ3v) is 3.88. The summed E-state index contributed by atoms with van der Waals surface area (Å²) in [6.45, 7) is 0. The second-order valence-electron chi connectivity index (χ2n) is 5.24. The van der Waals surface area contributed by atoms with Crippen LogP contribution in [0.3, 0.4) is 0 Å². The van der Waals surface area contributed by atoms with Gasteiger partial charge in [-0.25, -0.2) is 4.68 Å². The highest BCUT2D eigenvalue weighted by Crippen LogP contribution is 2.39. The van der Waals surface area contributed by atoms with Crippen LogP contribution in [0.1, 0.15) is 24.8 Å². The van der Waals surface area contributed by atoms with Crippen molar-refractivity contribution in [3.8, 4) is 5.69 Å². The van der Waals surface area contributed by atoms with Gasteiger partial charge < -0.3 is 0 Å². The van der Waals surface area contributed by atoms with Gasteiger partial charge in [-0.05, 0) is 48.6 Å². The number of nitrogens with zero attached hydrogens (tertiary/aromatic N) is 2. The summed E-state index contributed by atoms with van der Waals surface area (Å²) in [5.74, 6) is -1.19. The molecule has 1 aliphatic carbocycles. The third-order valence-electron chi connectivity index (χ3n) is 3.88. The molecule has 1 unspecified atom stereocenters. The summed E-state index contributed by atoms with van der Waals surface area (Å²) in [6.07, 6.45) is 1.94. The lowest BCUT2D eigenvalue weighted by Gasteiger charge is -2.24. The van der Waals surface area contributed by atoms with E-state index in [1.165, 1.54) is 0 Å². The van der Waals surface area contributed by atoms with Crippen LogP contribution < -0.4 is 0 Å². The molecule has 1 aromatic heterocycles. The van der Waals surface area contributed by atoms with Crippen molar-refractivity contribution in [3.63, 3.8) is 0 Å². The summed E-state index contributed by atoms with van der Waals surface area (Å²) in [7, 11) is 0. The lowest BCUT2D eigenvalue weighted by Crippen LogP contribution is -2.24. The van der Waals surface area contributed by atoms with Crippen molar-refractivity contribution in [2.45, 2.75) is 25.4 Å². The number of alkyl halides is 3. The molecule has 2 aromatic rings. The average Bonchev–Trinajstić information content (AvgIpc) is 3.01. The lowest BCUT2D eigenvalue weighted by atomic mass is 9.86. The highest BCUT2D eigenvalue weighted by molar-refractivity contribution is 5.67. The fourth-order valence-electron chi connectivity index (χ4n) is 2.64. The number of hydrogen-bond acceptors (Lipinski definition) is 1. The maximum absolute atomic E-state index is 12.6. The van der Waals surface area contributed by atoms with E-state index >= 15 is 0 Å². The van der Waals surface area contributed by atoms with E-state index in [2.05, 4.69) is 5.10 Å². The molecular formula is C16H15F3N2. The van der Waals surface area contributed by atoms with Crippen LogP contribution in [0.25, 0.3) is 11.3 Å². The monoisotopic (exact) mass is 292 g/mol. The van der Waals surface area contributed by atoms with Gasteiger partial charge in [0.25, 0.3) is 0 Å². The highest BCUT2D eigenvalue weighted by atomic mass is 19.4. The van der Waals surface area contributed by atoms with E-state index in [1.54, 1.807) is 17.0 Å². The van der Waals surface area contributed by atoms with Crippen LogP contribution in [-0.2, 0) is 0 Å². The van der Waals surface area contributed by atoms with Gasteiger partial charge in [-0.15, -0.1) is 0 Å². The summed E-state index contributed by atoms with van der Waals surface area (Å²) >= 11 is 0. The van der Waals surface area contributed by atoms with E-state index < -0.39 is 12.1 Å². The second kappa shape index (κ2) is 5.39. The first-order chi connectivity index (χ1) is 10.0. The van der Waals surface area contributed by atoms with Gasteiger partial charge in [0.15, 0.2) is 0 Å². The van der Waals surface area contributed by atoms with E-state index in [9.17, 15) is 13.2 Å². The van der Waals surface area contributed by atoms with E-state index in [4.69, 9.17) is 0 Å². The van der Waals surface area contributed by atoms with Gasteiger partial charge >= 0.3 is 6.18 Å². The molecule has 0 bridgehead atoms. The fourth-order valence-corrected chi connectivity index (χ4v) is 2.64. The van der Waals surface area contributed by atoms with Crippen LogP contribution >= 0.6 is 0 Å². The van der Waals surface area contributed by atoms with Crippen LogP contribution in [0.15, 0.2) is 48.8 Å². The minimum Gasteiger partial charge on any atom is -0.241 e. The van der Waals surface area contributed by atoms with Crippen LogP contribution in [-0.4, -0.2) is 16.0 Å². The number of rotatable bonds is 2. The predicted molar refractivity (Wildman–Crippen MR) is 74.9 cm³/mol. The zero-order valence-corrected chi connectivity index (χ0v) is 11.3. The Balaban J connectivity index is 1.75. The predicted octanol–water partition coefficient (Wildman–Crippen LogP) is 4.62. The van der Waals surface area contributed by atoms with Crippen molar-refractivity contribution in [1.82, 2.24) is 9.78 Å². The SMILES string of the molecule is FC(F)(F)C1CC=C(c2ccc(-n3cccn3)cc2)CC1. The number of benzene rings is 1. The Morgan fingerprint density at radius 3 is 2.43 bits per heavy atom. The summed E-state index contributed by atoms with van der Waals surface area (Å²) in [5, 5.41) is 4.14. The van der Waals surface area contributed by atoms with Gasteiger partial charge in [0, 0.05) is 12.4 Å². The Morgan fingerprint density at radius 2 is 1.90 bits per heavy atom. The van der Waals surface area contributed by atoms with Gasteiger partial charge in [0.2, 0.25) is 0 Å². The molecule has 21 heavy (non-hydrogen) atoms. The molecule has 0 aliphatic heterocycles. The van der Waals surface area contributed by atoms with Gasteiger partial charge in [0.05, 0.1) is 11.6 Å². The molecular weight excluding hydrogens is 277 g/mol. The summed E-state index contributed by atoms with van der Waals surface area (Å²) in [5.41, 5.74) is 2.93. The standard InChI is InChI=1S/C16H15F3N2/c17-16(18,19)14-6-2-12(3-7-14)13-4-8-15(9-5-13)21-11-1-10-20-21/h1-2,4-5,8-11,14H,3,6-7H2. The van der Waals surface area contributed by atoms with Crippen molar-refractivity contribution in [3.05, 3.63) is 54.4 Å². The van der Waals surface area contributed by atoms with Crippen molar-refractivity contribution < 1.29 is 13.2 Å². The van der Waals surface area contributed by atoms with Crippen molar-refractivity contribution >= 4 is 5.57 Å². The molecule has 0 saturated heterocycles. The molecule has 0 spiro atoms. The zero-order valence-electron chi connectivity index (χ0n) is 11.3. The Labute approximate surface area is 120 Å². The average molecular weight is 292 g/mol. The van der Waals surface area contributed by atoms with Crippen LogP contribution in [0.4, 0.5) is 13.2 Å². The van der Waals surface area contributed by atoms with Gasteiger partial charge in [0.1, 0.15) is 0 Å². The molecule has 1 heterocycles. The maximum Gasteiger partial charge on any atom is 0.392 e. The van der Waals surface area contributed by atoms with Gasteiger partial charge in [-0.2, -0.15) is 18.3 Å². The van der Waals surface area contributed by atoms with Crippen molar-refractivity contribution in [2.75, 3.05) is 0 Å². The minimum atomic E-state index is -4.08. The first kappa shape index (κ1) is 13.9. The quantitative estimate of drug-likeness (QED) is 0.790. The molecule has 1 aliphatic rings. The highest BCUT2D eigenvalue weighted by Gasteiger charge is 2.39. The summed E-state index contributed by atoms with van der Waals surface area (Å²) < 4.78 is 39.7. The smallest absolute Gasteiger partial charge is 0.241 e. The molecule has 110 valence electrons. The van der Waals surface area contributed by atoms with Crippen LogP contribution in [0.2, 0.25) is 0 Å². The normalized spacial score (nSPS) is 19.4. The number of hydrogen-bond donors (Lipinski definition) is 0. The molecule has 1 aromatic carbocycles. The second-order valence-corrected chi connectivity index (χ2v) is 5.24. The zero-order chi connectivity index (χ0) is 14.9. The Hall–Kier alpha value is -2.04. The summed E-state index contributed by atoms with van der Waals surface area (Å²) in [4.78, 5) is 0. The number of allylic oxidation sites excluding steroid dienone is 2. The van der Waals surface area contributed by atoms with Crippen LogP contribution in [0.5, 0.6) is 0 Å². The van der Waals surface area contributed by atoms with E-state index in [0.717, 1.165) is 16.8 Å². The molecule has 1 atom stereocenters. The van der Waals surface area contributed by atoms with Gasteiger partial charge in [-0.3, -0.25) is 0 Å². The first-order valence-corrected chi connectivity index (χ1v) is 6.90. The first-order valence-electron chi connectivity index (χ1n) is 6.90. The lowest BCUT2D eigenvalue weighted by molar-refractivity contribution is -0.175. The topological polar surface area (TPSA) is 17.8 Å². The van der Waals surface area contributed by atoms with Crippen LogP contribution in [0, 0.1) is 5.92 Å². The molecule has 2 nitrogen and oxygen atoms in total. The molecule has 0 fully saturated rings. The molecule has 0 amide bonds. The maximum atomic E-state index is 12.6. The van der Waals surface area contributed by atoms with E-state index in [-0.39, 0.29) is 12.8 Å². The van der Waals surface area contributed by atoms with Crippen molar-refractivity contribution in [1.29, 1.82) is 0 Å². The Bertz CT molecular complexity index is 625. The third kappa shape index (κ3) is 3.01. The minimum absolute atomic E-state index is 0.0831. The molecule has 5 heteroatoms.